The van der Waals surface area contributed by atoms with Crippen molar-refractivity contribution in [1.29, 1.82) is 0 Å². The van der Waals surface area contributed by atoms with Crippen molar-refractivity contribution in [3.63, 3.8) is 0 Å². The predicted octanol–water partition coefficient (Wildman–Crippen LogP) is 4.00. The fourth-order valence-electron chi connectivity index (χ4n) is 2.05. The molecule has 0 aromatic heterocycles. The number of nitrogens with one attached hydrogen (secondary N) is 1. The molecule has 3 nitrogen and oxygen atoms in total. The quantitative estimate of drug-likeness (QED) is 0.744. The van der Waals surface area contributed by atoms with Crippen LogP contribution in [0.15, 0.2) is 0 Å². The zero-order valence-electron chi connectivity index (χ0n) is 11.1. The number of ether oxygens (including phenoxy) is 1. The summed E-state index contributed by atoms with van der Waals surface area (Å²) in [5, 5.41) is 2.98. The largest absolute Gasteiger partial charge is 0.444 e. The second-order valence-corrected chi connectivity index (χ2v) is 7.10. The Bertz CT molecular complexity index is 250. The summed E-state index contributed by atoms with van der Waals surface area (Å²) in [4.78, 5) is 12.3. The zero-order chi connectivity index (χ0) is 12.9. The molecule has 2 unspecified atom stereocenters. The molecule has 0 heterocycles. The maximum absolute atomic E-state index is 11.7. The third kappa shape index (κ3) is 6.92. The highest BCUT2D eigenvalue weighted by Crippen LogP contribution is 2.23. The molecular formula is C13H24BrNO2. The molecule has 0 saturated heterocycles. The molecule has 0 aromatic carbocycles. The fraction of sp³-hybridized carbons (Fsp3) is 0.923. The minimum atomic E-state index is -0.413. The minimum absolute atomic E-state index is 0.269. The first-order chi connectivity index (χ1) is 7.87. The van der Waals surface area contributed by atoms with Crippen molar-refractivity contribution in [2.24, 2.45) is 0 Å². The number of rotatable bonds is 1. The number of carbonyl (C=O) groups is 1. The molecule has 100 valence electrons. The summed E-state index contributed by atoms with van der Waals surface area (Å²) in [6.45, 7) is 5.66. The van der Waals surface area contributed by atoms with Gasteiger partial charge in [0.25, 0.3) is 0 Å². The third-order valence-electron chi connectivity index (χ3n) is 2.87. The van der Waals surface area contributed by atoms with Gasteiger partial charge >= 0.3 is 6.09 Å². The predicted molar refractivity (Wildman–Crippen MR) is 73.6 cm³/mol. The van der Waals surface area contributed by atoms with Crippen molar-refractivity contribution in [3.8, 4) is 0 Å². The number of alkyl carbamates (subject to hydrolysis) is 1. The SMILES string of the molecule is CC(C)(C)OC(=O)NC1CCCCC(Br)CC1. The van der Waals surface area contributed by atoms with Crippen molar-refractivity contribution in [3.05, 3.63) is 0 Å². The molecule has 1 N–H and O–H groups in total. The van der Waals surface area contributed by atoms with E-state index in [0.29, 0.717) is 4.83 Å². The molecule has 0 aromatic rings. The Hall–Kier alpha value is -0.250. The molecule has 1 aliphatic rings. The van der Waals surface area contributed by atoms with E-state index in [-0.39, 0.29) is 12.1 Å². The van der Waals surface area contributed by atoms with Gasteiger partial charge in [-0.2, -0.15) is 0 Å². The van der Waals surface area contributed by atoms with E-state index >= 15 is 0 Å². The number of alkyl halides is 1. The number of hydrogen-bond donors (Lipinski definition) is 1. The topological polar surface area (TPSA) is 38.3 Å². The van der Waals surface area contributed by atoms with Crippen LogP contribution in [0.1, 0.15) is 59.3 Å². The molecule has 17 heavy (non-hydrogen) atoms. The number of amides is 1. The summed E-state index contributed by atoms with van der Waals surface area (Å²) < 4.78 is 5.28. The second-order valence-electron chi connectivity index (χ2n) is 5.80. The molecule has 0 spiro atoms. The van der Waals surface area contributed by atoms with Gasteiger partial charge in [-0.15, -0.1) is 0 Å². The molecular weight excluding hydrogens is 282 g/mol. The Morgan fingerprint density at radius 1 is 1.18 bits per heavy atom. The van der Waals surface area contributed by atoms with Gasteiger partial charge in [0.15, 0.2) is 0 Å². The summed E-state index contributed by atoms with van der Waals surface area (Å²) in [5.41, 5.74) is -0.413. The maximum Gasteiger partial charge on any atom is 0.407 e. The standard InChI is InChI=1S/C13H24BrNO2/c1-13(2,3)17-12(16)15-11-7-5-4-6-10(14)8-9-11/h10-11H,4-9H2,1-3H3,(H,15,16). The molecule has 1 amide bonds. The maximum atomic E-state index is 11.7. The van der Waals surface area contributed by atoms with Crippen molar-refractivity contribution in [2.45, 2.75) is 75.8 Å². The van der Waals surface area contributed by atoms with Crippen LogP contribution in [-0.2, 0) is 4.74 Å². The van der Waals surface area contributed by atoms with Crippen LogP contribution >= 0.6 is 15.9 Å². The number of hydrogen-bond acceptors (Lipinski definition) is 2. The van der Waals surface area contributed by atoms with E-state index in [1.165, 1.54) is 19.3 Å². The van der Waals surface area contributed by atoms with E-state index in [9.17, 15) is 4.79 Å². The van der Waals surface area contributed by atoms with Gasteiger partial charge < -0.3 is 10.1 Å². The van der Waals surface area contributed by atoms with Gasteiger partial charge in [-0.25, -0.2) is 4.79 Å². The van der Waals surface area contributed by atoms with Crippen molar-refractivity contribution < 1.29 is 9.53 Å². The van der Waals surface area contributed by atoms with Gasteiger partial charge in [0.05, 0.1) is 0 Å². The Labute approximate surface area is 113 Å². The van der Waals surface area contributed by atoms with Gasteiger partial charge in [-0.3, -0.25) is 0 Å². The van der Waals surface area contributed by atoms with Crippen molar-refractivity contribution in [2.75, 3.05) is 0 Å². The van der Waals surface area contributed by atoms with Gasteiger partial charge in [0.2, 0.25) is 0 Å². The minimum Gasteiger partial charge on any atom is -0.444 e. The Kier molecular flexibility index (Phi) is 5.77. The molecule has 1 aliphatic carbocycles. The van der Waals surface area contributed by atoms with Gasteiger partial charge in [-0.1, -0.05) is 28.8 Å². The van der Waals surface area contributed by atoms with Crippen LogP contribution in [0.4, 0.5) is 4.79 Å². The average Bonchev–Trinajstić information content (AvgIpc) is 2.14. The van der Waals surface area contributed by atoms with E-state index in [1.54, 1.807) is 0 Å². The molecule has 1 saturated carbocycles. The lowest BCUT2D eigenvalue weighted by Crippen LogP contribution is -2.39. The lowest BCUT2D eigenvalue weighted by Gasteiger charge is -2.25. The summed E-state index contributed by atoms with van der Waals surface area (Å²) in [7, 11) is 0. The van der Waals surface area contributed by atoms with Crippen LogP contribution in [0.25, 0.3) is 0 Å². The van der Waals surface area contributed by atoms with E-state index in [0.717, 1.165) is 19.3 Å². The van der Waals surface area contributed by atoms with E-state index in [1.807, 2.05) is 20.8 Å². The first kappa shape index (κ1) is 14.8. The Morgan fingerprint density at radius 2 is 1.82 bits per heavy atom. The van der Waals surface area contributed by atoms with Crippen molar-refractivity contribution in [1.82, 2.24) is 5.32 Å². The third-order valence-corrected chi connectivity index (χ3v) is 3.78. The molecule has 1 rings (SSSR count). The summed E-state index contributed by atoms with van der Waals surface area (Å²) in [6.07, 6.45) is 6.62. The van der Waals surface area contributed by atoms with E-state index < -0.39 is 5.60 Å². The normalized spacial score (nSPS) is 26.8. The first-order valence-electron chi connectivity index (χ1n) is 6.50. The summed E-state index contributed by atoms with van der Waals surface area (Å²) in [6, 6.07) is 0.269. The monoisotopic (exact) mass is 305 g/mol. The van der Waals surface area contributed by atoms with Crippen LogP contribution in [-0.4, -0.2) is 22.6 Å². The van der Waals surface area contributed by atoms with Crippen LogP contribution in [0, 0.1) is 0 Å². The summed E-state index contributed by atoms with van der Waals surface area (Å²) >= 11 is 3.67. The molecule has 0 bridgehead atoms. The highest BCUT2D eigenvalue weighted by Gasteiger charge is 2.21. The zero-order valence-corrected chi connectivity index (χ0v) is 12.7. The lowest BCUT2D eigenvalue weighted by atomic mass is 9.97. The van der Waals surface area contributed by atoms with Gasteiger partial charge in [-0.05, 0) is 46.5 Å². The second kappa shape index (κ2) is 6.62. The molecule has 0 radical (unpaired) electrons. The molecule has 2 atom stereocenters. The summed E-state index contributed by atoms with van der Waals surface area (Å²) in [5.74, 6) is 0. The van der Waals surface area contributed by atoms with E-state index in [4.69, 9.17) is 4.74 Å². The van der Waals surface area contributed by atoms with Crippen LogP contribution < -0.4 is 5.32 Å². The smallest absolute Gasteiger partial charge is 0.407 e. The van der Waals surface area contributed by atoms with Gasteiger partial charge in [0.1, 0.15) is 5.60 Å². The number of halogens is 1. The average molecular weight is 306 g/mol. The van der Waals surface area contributed by atoms with Crippen LogP contribution in [0.2, 0.25) is 0 Å². The highest BCUT2D eigenvalue weighted by molar-refractivity contribution is 9.09. The number of carbonyl (C=O) groups excluding carboxylic acids is 1. The van der Waals surface area contributed by atoms with E-state index in [2.05, 4.69) is 21.2 Å². The highest BCUT2D eigenvalue weighted by atomic mass is 79.9. The Balaban J connectivity index is 2.36. The van der Waals surface area contributed by atoms with Crippen LogP contribution in [0.5, 0.6) is 0 Å². The lowest BCUT2D eigenvalue weighted by molar-refractivity contribution is 0.0497. The molecule has 1 fully saturated rings. The molecule has 4 heteroatoms. The first-order valence-corrected chi connectivity index (χ1v) is 7.42. The van der Waals surface area contributed by atoms with Gasteiger partial charge in [0, 0.05) is 10.9 Å². The van der Waals surface area contributed by atoms with Crippen LogP contribution in [0.3, 0.4) is 0 Å². The van der Waals surface area contributed by atoms with Crippen molar-refractivity contribution >= 4 is 22.0 Å². The fourth-order valence-corrected chi connectivity index (χ4v) is 2.63. The Morgan fingerprint density at radius 3 is 2.47 bits per heavy atom. The molecule has 0 aliphatic heterocycles.